The molecule has 0 aliphatic carbocycles. The fraction of sp³-hybridized carbons (Fsp3) is 0.250. The number of hydrogen-bond acceptors (Lipinski definition) is 4. The molecular formula is C24H28N4O. The molecule has 0 atom stereocenters. The molecule has 29 heavy (non-hydrogen) atoms. The molecule has 0 saturated heterocycles. The zero-order valence-corrected chi connectivity index (χ0v) is 17.0. The van der Waals surface area contributed by atoms with Crippen molar-refractivity contribution in [3.8, 4) is 0 Å². The van der Waals surface area contributed by atoms with Crippen molar-refractivity contribution >= 4 is 17.4 Å². The Kier molecular flexibility index (Phi) is 7.36. The minimum atomic E-state index is -0.374. The van der Waals surface area contributed by atoms with Gasteiger partial charge in [-0.25, -0.2) is 4.98 Å². The molecule has 1 amide bonds. The van der Waals surface area contributed by atoms with E-state index in [4.69, 9.17) is 0 Å². The fourth-order valence-electron chi connectivity index (χ4n) is 3.18. The van der Waals surface area contributed by atoms with E-state index in [1.807, 2.05) is 72.8 Å². The molecule has 150 valence electrons. The lowest BCUT2D eigenvalue weighted by Gasteiger charge is -2.18. The van der Waals surface area contributed by atoms with Crippen molar-refractivity contribution in [2.24, 2.45) is 0 Å². The summed E-state index contributed by atoms with van der Waals surface area (Å²) in [5.74, 6) is 0.363. The van der Waals surface area contributed by atoms with Crippen molar-refractivity contribution in [1.82, 2.24) is 9.88 Å². The largest absolute Gasteiger partial charge is 0.370 e. The number of amides is 1. The summed E-state index contributed by atoms with van der Waals surface area (Å²) in [4.78, 5) is 19.7. The van der Waals surface area contributed by atoms with Gasteiger partial charge in [0.2, 0.25) is 5.91 Å². The minimum absolute atomic E-state index is 0.0732. The molecule has 3 rings (SSSR count). The zero-order valence-electron chi connectivity index (χ0n) is 17.0. The van der Waals surface area contributed by atoms with Gasteiger partial charge in [0, 0.05) is 6.54 Å². The first-order valence-corrected chi connectivity index (χ1v) is 9.89. The highest BCUT2D eigenvalue weighted by atomic mass is 16.1. The molecule has 0 aliphatic heterocycles. The normalized spacial score (nSPS) is 10.9. The molecule has 2 aromatic carbocycles. The standard InChI is InChI=1S/C24H28N4O/c1-28(2)17-9-16-25-22-15-14-21(18-26-22)27-24(29)23(19-10-5-3-6-11-19)20-12-7-4-8-13-20/h3-8,10-15,18,23H,9,16-17H2,1-2H3,(H,25,26)(H,27,29). The van der Waals surface area contributed by atoms with E-state index in [1.54, 1.807) is 6.20 Å². The number of rotatable bonds is 9. The predicted molar refractivity (Wildman–Crippen MR) is 119 cm³/mol. The third kappa shape index (κ3) is 6.16. The van der Waals surface area contributed by atoms with E-state index < -0.39 is 0 Å². The Hall–Kier alpha value is -3.18. The van der Waals surface area contributed by atoms with Crippen LogP contribution in [0.5, 0.6) is 0 Å². The van der Waals surface area contributed by atoms with Gasteiger partial charge < -0.3 is 15.5 Å². The third-order valence-corrected chi connectivity index (χ3v) is 4.65. The van der Waals surface area contributed by atoms with E-state index in [-0.39, 0.29) is 11.8 Å². The van der Waals surface area contributed by atoms with Gasteiger partial charge in [-0.3, -0.25) is 4.79 Å². The topological polar surface area (TPSA) is 57.3 Å². The number of anilines is 2. The number of aromatic nitrogens is 1. The molecule has 1 heterocycles. The van der Waals surface area contributed by atoms with Crippen molar-refractivity contribution < 1.29 is 4.79 Å². The molecule has 0 saturated carbocycles. The summed E-state index contributed by atoms with van der Waals surface area (Å²) in [5.41, 5.74) is 2.61. The van der Waals surface area contributed by atoms with Gasteiger partial charge in [0.25, 0.3) is 0 Å². The minimum Gasteiger partial charge on any atom is -0.370 e. The average Bonchev–Trinajstić information content (AvgIpc) is 2.74. The molecule has 1 aromatic heterocycles. The van der Waals surface area contributed by atoms with E-state index in [2.05, 4.69) is 34.6 Å². The molecule has 0 fully saturated rings. The quantitative estimate of drug-likeness (QED) is 0.539. The Balaban J connectivity index is 1.67. The number of hydrogen-bond donors (Lipinski definition) is 2. The van der Waals surface area contributed by atoms with Crippen molar-refractivity contribution in [2.45, 2.75) is 12.3 Å². The lowest BCUT2D eigenvalue weighted by atomic mass is 9.90. The second-order valence-corrected chi connectivity index (χ2v) is 7.26. The summed E-state index contributed by atoms with van der Waals surface area (Å²) in [5, 5.41) is 6.32. The zero-order chi connectivity index (χ0) is 20.5. The Morgan fingerprint density at radius 1 is 0.931 bits per heavy atom. The third-order valence-electron chi connectivity index (χ3n) is 4.65. The van der Waals surface area contributed by atoms with E-state index in [0.717, 1.165) is 36.5 Å². The van der Waals surface area contributed by atoms with Crippen LogP contribution in [-0.2, 0) is 4.79 Å². The molecule has 0 spiro atoms. The van der Waals surface area contributed by atoms with Gasteiger partial charge in [-0.1, -0.05) is 60.7 Å². The fourth-order valence-corrected chi connectivity index (χ4v) is 3.18. The van der Waals surface area contributed by atoms with Crippen LogP contribution in [0.4, 0.5) is 11.5 Å². The second-order valence-electron chi connectivity index (χ2n) is 7.26. The maximum Gasteiger partial charge on any atom is 0.236 e. The van der Waals surface area contributed by atoms with Gasteiger partial charge in [0.1, 0.15) is 5.82 Å². The van der Waals surface area contributed by atoms with Crippen LogP contribution in [-0.4, -0.2) is 43.0 Å². The first-order valence-electron chi connectivity index (χ1n) is 9.89. The predicted octanol–water partition coefficient (Wildman–Crippen LogP) is 4.22. The number of nitrogens with one attached hydrogen (secondary N) is 2. The van der Waals surface area contributed by atoms with Gasteiger partial charge in [-0.15, -0.1) is 0 Å². The van der Waals surface area contributed by atoms with Gasteiger partial charge in [-0.05, 0) is 50.3 Å². The van der Waals surface area contributed by atoms with Crippen LogP contribution in [0.2, 0.25) is 0 Å². The summed E-state index contributed by atoms with van der Waals surface area (Å²) in [6.07, 6.45) is 2.74. The van der Waals surface area contributed by atoms with Crippen LogP contribution in [0.25, 0.3) is 0 Å². The van der Waals surface area contributed by atoms with E-state index in [0.29, 0.717) is 5.69 Å². The number of nitrogens with zero attached hydrogens (tertiary/aromatic N) is 2. The Morgan fingerprint density at radius 2 is 1.55 bits per heavy atom. The SMILES string of the molecule is CN(C)CCCNc1ccc(NC(=O)C(c2ccccc2)c2ccccc2)cn1. The summed E-state index contributed by atoms with van der Waals surface area (Å²) in [6.45, 7) is 1.89. The van der Waals surface area contributed by atoms with E-state index >= 15 is 0 Å². The average molecular weight is 389 g/mol. The highest BCUT2D eigenvalue weighted by molar-refractivity contribution is 5.98. The highest BCUT2D eigenvalue weighted by Crippen LogP contribution is 2.26. The maximum absolute atomic E-state index is 13.1. The lowest BCUT2D eigenvalue weighted by molar-refractivity contribution is -0.116. The Bertz CT molecular complexity index is 840. The van der Waals surface area contributed by atoms with Crippen LogP contribution in [0, 0.1) is 0 Å². The summed E-state index contributed by atoms with van der Waals surface area (Å²) in [7, 11) is 4.13. The van der Waals surface area contributed by atoms with Crippen molar-refractivity contribution in [3.05, 3.63) is 90.1 Å². The van der Waals surface area contributed by atoms with Crippen LogP contribution in [0.15, 0.2) is 79.0 Å². The molecule has 5 nitrogen and oxygen atoms in total. The van der Waals surface area contributed by atoms with Crippen molar-refractivity contribution in [2.75, 3.05) is 37.8 Å². The number of benzene rings is 2. The van der Waals surface area contributed by atoms with Crippen LogP contribution in [0.3, 0.4) is 0 Å². The van der Waals surface area contributed by atoms with Gasteiger partial charge in [0.15, 0.2) is 0 Å². The summed E-state index contributed by atoms with van der Waals surface area (Å²) >= 11 is 0. The highest BCUT2D eigenvalue weighted by Gasteiger charge is 2.22. The van der Waals surface area contributed by atoms with Gasteiger partial charge in [-0.2, -0.15) is 0 Å². The number of carbonyl (C=O) groups excluding carboxylic acids is 1. The summed E-state index contributed by atoms with van der Waals surface area (Å²) < 4.78 is 0. The molecule has 0 aliphatic rings. The molecular weight excluding hydrogens is 360 g/mol. The van der Waals surface area contributed by atoms with Crippen LogP contribution >= 0.6 is 0 Å². The molecule has 0 radical (unpaired) electrons. The Labute approximate surface area is 172 Å². The first kappa shape index (κ1) is 20.6. The van der Waals surface area contributed by atoms with Crippen molar-refractivity contribution in [3.63, 3.8) is 0 Å². The second kappa shape index (κ2) is 10.4. The molecule has 5 heteroatoms. The molecule has 0 unspecified atom stereocenters. The number of carbonyl (C=O) groups is 1. The van der Waals surface area contributed by atoms with Gasteiger partial charge >= 0.3 is 0 Å². The van der Waals surface area contributed by atoms with Gasteiger partial charge in [0.05, 0.1) is 17.8 Å². The van der Waals surface area contributed by atoms with Crippen LogP contribution in [0.1, 0.15) is 23.5 Å². The Morgan fingerprint density at radius 3 is 2.07 bits per heavy atom. The number of pyridine rings is 1. The first-order chi connectivity index (χ1) is 14.1. The summed E-state index contributed by atoms with van der Waals surface area (Å²) in [6, 6.07) is 23.4. The smallest absolute Gasteiger partial charge is 0.236 e. The van der Waals surface area contributed by atoms with E-state index in [1.165, 1.54) is 0 Å². The maximum atomic E-state index is 13.1. The molecule has 2 N–H and O–H groups in total. The monoisotopic (exact) mass is 388 g/mol. The van der Waals surface area contributed by atoms with E-state index in [9.17, 15) is 4.79 Å². The van der Waals surface area contributed by atoms with Crippen LogP contribution < -0.4 is 10.6 Å². The molecule has 0 bridgehead atoms. The molecule has 3 aromatic rings. The lowest BCUT2D eigenvalue weighted by Crippen LogP contribution is -2.22. The van der Waals surface area contributed by atoms with Crippen molar-refractivity contribution in [1.29, 1.82) is 0 Å².